The lowest BCUT2D eigenvalue weighted by Gasteiger charge is -2.17. The maximum Gasteiger partial charge on any atom is 0.273 e. The Balaban J connectivity index is 2.74. The minimum absolute atomic E-state index is 0.199. The molecule has 5 nitrogen and oxygen atoms in total. The van der Waals surface area contributed by atoms with Gasteiger partial charge in [0.25, 0.3) is 5.91 Å². The Hall–Kier alpha value is -1.33. The summed E-state index contributed by atoms with van der Waals surface area (Å²) in [4.78, 5) is 18.1. The summed E-state index contributed by atoms with van der Waals surface area (Å²) in [6.07, 6.45) is 0.988. The summed E-state index contributed by atoms with van der Waals surface area (Å²) in [5.74, 6) is 0.465. The van der Waals surface area contributed by atoms with Crippen molar-refractivity contribution < 1.29 is 9.53 Å². The van der Waals surface area contributed by atoms with Crippen molar-refractivity contribution in [2.45, 2.75) is 20.3 Å². The summed E-state index contributed by atoms with van der Waals surface area (Å²) in [6, 6.07) is 3.46. The van der Waals surface area contributed by atoms with Crippen molar-refractivity contribution in [1.29, 1.82) is 0 Å². The van der Waals surface area contributed by atoms with Crippen LogP contribution in [0.1, 0.15) is 30.8 Å². The molecule has 6 heteroatoms. The number of hydrogen-bond donors (Lipinski definition) is 1. The molecule has 0 aliphatic heterocycles. The van der Waals surface area contributed by atoms with Crippen molar-refractivity contribution in [1.82, 2.24) is 9.88 Å². The van der Waals surface area contributed by atoms with Gasteiger partial charge in [-0.1, -0.05) is 18.5 Å². The van der Waals surface area contributed by atoms with Gasteiger partial charge in [-0.3, -0.25) is 4.79 Å². The van der Waals surface area contributed by atoms with Gasteiger partial charge in [0.2, 0.25) is 0 Å². The van der Waals surface area contributed by atoms with E-state index < -0.39 is 0 Å². The minimum atomic E-state index is -0.199. The number of likely N-dealkylation sites (N-methyl/N-ethyl adjacent to an activating group) is 1. The quantitative estimate of drug-likeness (QED) is 0.750. The highest BCUT2D eigenvalue weighted by atomic mass is 35.5. The van der Waals surface area contributed by atoms with Gasteiger partial charge in [0, 0.05) is 26.7 Å². The lowest BCUT2D eigenvalue weighted by molar-refractivity contribution is 0.0705. The third-order valence-electron chi connectivity index (χ3n) is 2.73. The molecule has 0 unspecified atom stereocenters. The Labute approximate surface area is 125 Å². The van der Waals surface area contributed by atoms with Crippen molar-refractivity contribution in [3.63, 3.8) is 0 Å². The molecule has 0 saturated heterocycles. The molecular weight excluding hydrogens is 278 g/mol. The van der Waals surface area contributed by atoms with E-state index in [1.165, 1.54) is 0 Å². The highest BCUT2D eigenvalue weighted by molar-refractivity contribution is 6.33. The molecule has 1 amide bonds. The second-order valence-electron chi connectivity index (χ2n) is 4.38. The Morgan fingerprint density at radius 1 is 1.45 bits per heavy atom. The first-order valence-corrected chi connectivity index (χ1v) is 7.21. The molecule has 0 fully saturated rings. The van der Waals surface area contributed by atoms with Gasteiger partial charge in [-0.05, 0) is 25.5 Å². The molecule has 1 aromatic heterocycles. The van der Waals surface area contributed by atoms with Gasteiger partial charge in [-0.25, -0.2) is 4.98 Å². The molecule has 20 heavy (non-hydrogen) atoms. The van der Waals surface area contributed by atoms with E-state index in [4.69, 9.17) is 16.3 Å². The largest absolute Gasteiger partial charge is 0.380 e. The number of rotatable bonds is 8. The molecular formula is C14H22ClN3O2. The molecule has 1 aromatic rings. The van der Waals surface area contributed by atoms with Crippen LogP contribution in [0.15, 0.2) is 12.1 Å². The number of carbonyl (C=O) groups excluding carboxylic acids is 1. The van der Waals surface area contributed by atoms with Gasteiger partial charge in [0.1, 0.15) is 11.5 Å². The van der Waals surface area contributed by atoms with Gasteiger partial charge in [-0.15, -0.1) is 0 Å². The average Bonchev–Trinajstić information content (AvgIpc) is 2.45. The number of amides is 1. The molecule has 1 N–H and O–H groups in total. The second kappa shape index (κ2) is 8.76. The first-order chi connectivity index (χ1) is 9.60. The van der Waals surface area contributed by atoms with Crippen LogP contribution >= 0.6 is 11.6 Å². The summed E-state index contributed by atoms with van der Waals surface area (Å²) >= 11 is 6.06. The van der Waals surface area contributed by atoms with Crippen LogP contribution in [-0.4, -0.2) is 49.1 Å². The maximum atomic E-state index is 12.3. The van der Waals surface area contributed by atoms with Gasteiger partial charge in [-0.2, -0.15) is 0 Å². The van der Waals surface area contributed by atoms with Gasteiger partial charge >= 0.3 is 0 Å². The smallest absolute Gasteiger partial charge is 0.273 e. The molecule has 1 rings (SSSR count). The molecule has 1 heterocycles. The van der Waals surface area contributed by atoms with Crippen molar-refractivity contribution in [2.24, 2.45) is 0 Å². The normalized spacial score (nSPS) is 10.4. The maximum absolute atomic E-state index is 12.3. The van der Waals surface area contributed by atoms with Crippen molar-refractivity contribution in [3.8, 4) is 0 Å². The monoisotopic (exact) mass is 299 g/mol. The number of nitrogens with zero attached hydrogens (tertiary/aromatic N) is 2. The number of hydrogen-bond acceptors (Lipinski definition) is 4. The van der Waals surface area contributed by atoms with E-state index in [-0.39, 0.29) is 11.6 Å². The first-order valence-electron chi connectivity index (χ1n) is 6.83. The fourth-order valence-corrected chi connectivity index (χ4v) is 1.76. The van der Waals surface area contributed by atoms with Crippen LogP contribution in [0, 0.1) is 0 Å². The average molecular weight is 300 g/mol. The molecule has 0 saturated carbocycles. The van der Waals surface area contributed by atoms with Crippen LogP contribution in [0.2, 0.25) is 5.02 Å². The zero-order valence-corrected chi connectivity index (χ0v) is 13.0. The highest BCUT2D eigenvalue weighted by Crippen LogP contribution is 2.18. The number of anilines is 1. The van der Waals surface area contributed by atoms with E-state index in [0.717, 1.165) is 13.0 Å². The minimum Gasteiger partial charge on any atom is -0.380 e. The highest BCUT2D eigenvalue weighted by Gasteiger charge is 2.17. The standard InChI is InChI=1S/C14H22ClN3O2/c1-4-8-16-12-7-6-11(15)13(17-12)14(19)18(3)9-10-20-5-2/h6-7H,4-5,8-10H2,1-3H3,(H,16,17). The van der Waals surface area contributed by atoms with Gasteiger partial charge < -0.3 is 15.0 Å². The molecule has 0 atom stereocenters. The van der Waals surface area contributed by atoms with Crippen LogP contribution in [-0.2, 0) is 4.74 Å². The lowest BCUT2D eigenvalue weighted by Crippen LogP contribution is -2.31. The zero-order valence-electron chi connectivity index (χ0n) is 12.3. The van der Waals surface area contributed by atoms with Crippen LogP contribution < -0.4 is 5.32 Å². The van der Waals surface area contributed by atoms with Crippen LogP contribution in [0.5, 0.6) is 0 Å². The zero-order chi connectivity index (χ0) is 15.0. The predicted octanol–water partition coefficient (Wildman–Crippen LogP) is 2.67. The number of carbonyl (C=O) groups is 1. The van der Waals surface area contributed by atoms with Crippen LogP contribution in [0.25, 0.3) is 0 Å². The summed E-state index contributed by atoms with van der Waals surface area (Å²) in [5, 5.41) is 3.50. The number of nitrogens with one attached hydrogen (secondary N) is 1. The van der Waals surface area contributed by atoms with E-state index in [2.05, 4.69) is 17.2 Å². The first kappa shape index (κ1) is 16.7. The third-order valence-corrected chi connectivity index (χ3v) is 3.03. The number of ether oxygens (including phenoxy) is 1. The summed E-state index contributed by atoms with van der Waals surface area (Å²) < 4.78 is 5.24. The SMILES string of the molecule is CCCNc1ccc(Cl)c(C(=O)N(C)CCOCC)n1. The summed E-state index contributed by atoms with van der Waals surface area (Å²) in [6.45, 7) is 6.45. The Morgan fingerprint density at radius 2 is 2.20 bits per heavy atom. The number of halogens is 1. The number of pyridine rings is 1. The Bertz CT molecular complexity index is 440. The Morgan fingerprint density at radius 3 is 2.85 bits per heavy atom. The van der Waals surface area contributed by atoms with Crippen LogP contribution in [0.3, 0.4) is 0 Å². The predicted molar refractivity (Wildman–Crippen MR) is 81.5 cm³/mol. The summed E-state index contributed by atoms with van der Waals surface area (Å²) in [5.41, 5.74) is 0.270. The molecule has 0 aliphatic carbocycles. The van der Waals surface area contributed by atoms with E-state index in [1.54, 1.807) is 24.1 Å². The van der Waals surface area contributed by atoms with E-state index in [0.29, 0.717) is 30.6 Å². The molecule has 0 bridgehead atoms. The molecule has 112 valence electrons. The lowest BCUT2D eigenvalue weighted by atomic mass is 10.3. The topological polar surface area (TPSA) is 54.5 Å². The number of aromatic nitrogens is 1. The van der Waals surface area contributed by atoms with Gasteiger partial charge in [0.05, 0.1) is 11.6 Å². The molecule has 0 aliphatic rings. The molecule has 0 spiro atoms. The van der Waals surface area contributed by atoms with Crippen LogP contribution in [0.4, 0.5) is 5.82 Å². The van der Waals surface area contributed by atoms with Crippen molar-refractivity contribution in [3.05, 3.63) is 22.8 Å². The molecule has 0 radical (unpaired) electrons. The fraction of sp³-hybridized carbons (Fsp3) is 0.571. The van der Waals surface area contributed by atoms with E-state index >= 15 is 0 Å². The fourth-order valence-electron chi connectivity index (χ4n) is 1.57. The van der Waals surface area contributed by atoms with E-state index in [1.807, 2.05) is 6.92 Å². The van der Waals surface area contributed by atoms with Crippen molar-refractivity contribution >= 4 is 23.3 Å². The van der Waals surface area contributed by atoms with Crippen molar-refractivity contribution in [2.75, 3.05) is 38.7 Å². The molecule has 0 aromatic carbocycles. The summed E-state index contributed by atoms with van der Waals surface area (Å²) in [7, 11) is 1.71. The van der Waals surface area contributed by atoms with E-state index in [9.17, 15) is 4.79 Å². The van der Waals surface area contributed by atoms with Gasteiger partial charge in [0.15, 0.2) is 0 Å². The third kappa shape index (κ3) is 4.98. The second-order valence-corrected chi connectivity index (χ2v) is 4.78. The Kier molecular flexibility index (Phi) is 7.33.